The predicted octanol–water partition coefficient (Wildman–Crippen LogP) is 0.880. The van der Waals surface area contributed by atoms with Gasteiger partial charge in [0.2, 0.25) is 5.91 Å². The summed E-state index contributed by atoms with van der Waals surface area (Å²) in [6.45, 7) is 5.91. The second-order valence-electron chi connectivity index (χ2n) is 4.68. The molecule has 0 radical (unpaired) electrons. The Morgan fingerprint density at radius 2 is 2.32 bits per heavy atom. The molecule has 0 aromatic heterocycles. The third kappa shape index (κ3) is 3.03. The van der Waals surface area contributed by atoms with E-state index in [1.54, 1.807) is 11.0 Å². The maximum atomic E-state index is 12.6. The van der Waals surface area contributed by atoms with Crippen LogP contribution in [0.4, 0.5) is 0 Å². The number of amides is 1. The van der Waals surface area contributed by atoms with Crippen LogP contribution in [0.5, 0.6) is 0 Å². The Balaban J connectivity index is 2.21. The Hall–Kier alpha value is -1.65. The van der Waals surface area contributed by atoms with E-state index in [4.69, 9.17) is 5.11 Å². The molecule has 0 saturated carbocycles. The average Bonchev–Trinajstić information content (AvgIpc) is 2.46. The second-order valence-corrected chi connectivity index (χ2v) is 4.68. The van der Waals surface area contributed by atoms with Crippen LogP contribution < -0.4 is 5.32 Å². The summed E-state index contributed by atoms with van der Waals surface area (Å²) in [6, 6.07) is 8.02. The molecule has 0 spiro atoms. The minimum atomic E-state index is -0.170. The van der Waals surface area contributed by atoms with E-state index >= 15 is 0 Å². The van der Waals surface area contributed by atoms with Crippen LogP contribution in [0.2, 0.25) is 0 Å². The average molecular weight is 260 g/mol. The van der Waals surface area contributed by atoms with Crippen molar-refractivity contribution in [3.8, 4) is 0 Å². The van der Waals surface area contributed by atoms with E-state index in [9.17, 15) is 4.79 Å². The fourth-order valence-corrected chi connectivity index (χ4v) is 2.50. The van der Waals surface area contributed by atoms with Gasteiger partial charge < -0.3 is 15.3 Å². The number of hydrogen-bond donors (Lipinski definition) is 2. The highest BCUT2D eigenvalue weighted by Crippen LogP contribution is 2.25. The molecule has 4 nitrogen and oxygen atoms in total. The zero-order chi connectivity index (χ0) is 13.7. The standard InChI is InChI=1S/C15H20N2O2/c1-2-7-17(8-9-18)15(19)14-11-16-10-12-5-3-4-6-13(12)14/h2-6,14,16,18H,1,7-11H2. The second kappa shape index (κ2) is 6.50. The molecule has 1 atom stereocenters. The molecule has 0 bridgehead atoms. The number of aliphatic hydroxyl groups is 1. The van der Waals surface area contributed by atoms with Gasteiger partial charge in [-0.15, -0.1) is 6.58 Å². The van der Waals surface area contributed by atoms with Gasteiger partial charge in [0.25, 0.3) is 0 Å². The number of fused-ring (bicyclic) bond motifs is 1. The first-order valence-electron chi connectivity index (χ1n) is 6.57. The van der Waals surface area contributed by atoms with E-state index in [2.05, 4.69) is 11.9 Å². The lowest BCUT2D eigenvalue weighted by Gasteiger charge is -2.30. The van der Waals surface area contributed by atoms with Crippen molar-refractivity contribution in [2.24, 2.45) is 0 Å². The normalized spacial score (nSPS) is 17.6. The summed E-state index contributed by atoms with van der Waals surface area (Å²) >= 11 is 0. The van der Waals surface area contributed by atoms with Gasteiger partial charge in [0.05, 0.1) is 12.5 Å². The van der Waals surface area contributed by atoms with Gasteiger partial charge in [0, 0.05) is 26.2 Å². The minimum Gasteiger partial charge on any atom is -0.395 e. The van der Waals surface area contributed by atoms with Gasteiger partial charge >= 0.3 is 0 Å². The summed E-state index contributed by atoms with van der Waals surface area (Å²) in [5.74, 6) is -0.120. The Labute approximate surface area is 113 Å². The van der Waals surface area contributed by atoms with E-state index in [-0.39, 0.29) is 18.4 Å². The monoisotopic (exact) mass is 260 g/mol. The van der Waals surface area contributed by atoms with Crippen LogP contribution in [0.3, 0.4) is 0 Å². The van der Waals surface area contributed by atoms with E-state index in [0.717, 1.165) is 12.1 Å². The number of carbonyl (C=O) groups is 1. The molecule has 1 aromatic carbocycles. The van der Waals surface area contributed by atoms with Crippen molar-refractivity contribution in [3.63, 3.8) is 0 Å². The highest BCUT2D eigenvalue weighted by molar-refractivity contribution is 5.85. The van der Waals surface area contributed by atoms with Crippen molar-refractivity contribution < 1.29 is 9.90 Å². The number of nitrogens with one attached hydrogen (secondary N) is 1. The zero-order valence-corrected chi connectivity index (χ0v) is 11.0. The summed E-state index contributed by atoms with van der Waals surface area (Å²) in [5.41, 5.74) is 2.27. The minimum absolute atomic E-state index is 0.0264. The van der Waals surface area contributed by atoms with E-state index in [1.807, 2.05) is 24.3 Å². The molecule has 1 amide bonds. The van der Waals surface area contributed by atoms with E-state index < -0.39 is 0 Å². The first-order chi connectivity index (χ1) is 9.27. The van der Waals surface area contributed by atoms with Gasteiger partial charge in [-0.25, -0.2) is 0 Å². The van der Waals surface area contributed by atoms with Crippen LogP contribution in [0.15, 0.2) is 36.9 Å². The van der Waals surface area contributed by atoms with Crippen molar-refractivity contribution >= 4 is 5.91 Å². The highest BCUT2D eigenvalue weighted by Gasteiger charge is 2.28. The molecule has 102 valence electrons. The third-order valence-corrected chi connectivity index (χ3v) is 3.42. The molecule has 2 rings (SSSR count). The van der Waals surface area contributed by atoms with Gasteiger partial charge in [0.1, 0.15) is 0 Å². The van der Waals surface area contributed by atoms with Crippen molar-refractivity contribution in [1.29, 1.82) is 0 Å². The molecule has 0 aliphatic carbocycles. The summed E-state index contributed by atoms with van der Waals surface area (Å²) in [7, 11) is 0. The largest absolute Gasteiger partial charge is 0.395 e. The number of benzene rings is 1. The van der Waals surface area contributed by atoms with Crippen molar-refractivity contribution in [2.45, 2.75) is 12.5 Å². The van der Waals surface area contributed by atoms with E-state index in [0.29, 0.717) is 19.6 Å². The Kier molecular flexibility index (Phi) is 4.71. The number of hydrogen-bond acceptors (Lipinski definition) is 3. The first-order valence-corrected chi connectivity index (χ1v) is 6.57. The number of carbonyl (C=O) groups excluding carboxylic acids is 1. The van der Waals surface area contributed by atoms with Gasteiger partial charge in [-0.05, 0) is 11.1 Å². The van der Waals surface area contributed by atoms with Gasteiger partial charge in [-0.2, -0.15) is 0 Å². The van der Waals surface area contributed by atoms with Crippen LogP contribution in [0, 0.1) is 0 Å². The molecular weight excluding hydrogens is 240 g/mol. The summed E-state index contributed by atoms with van der Waals surface area (Å²) in [5, 5.41) is 12.3. The smallest absolute Gasteiger partial charge is 0.231 e. The van der Waals surface area contributed by atoms with Crippen LogP contribution in [-0.4, -0.2) is 42.2 Å². The molecule has 4 heteroatoms. The lowest BCUT2D eigenvalue weighted by molar-refractivity contribution is -0.132. The molecule has 2 N–H and O–H groups in total. The number of nitrogens with zero attached hydrogens (tertiary/aromatic N) is 1. The molecule has 1 heterocycles. The van der Waals surface area contributed by atoms with Gasteiger partial charge in [-0.1, -0.05) is 30.3 Å². The fourth-order valence-electron chi connectivity index (χ4n) is 2.50. The Morgan fingerprint density at radius 1 is 1.53 bits per heavy atom. The van der Waals surface area contributed by atoms with Crippen LogP contribution >= 0.6 is 0 Å². The topological polar surface area (TPSA) is 52.6 Å². The van der Waals surface area contributed by atoms with Crippen molar-refractivity contribution in [2.75, 3.05) is 26.2 Å². The summed E-state index contributed by atoms with van der Waals surface area (Å²) < 4.78 is 0. The molecule has 0 fully saturated rings. The summed E-state index contributed by atoms with van der Waals surface area (Å²) in [4.78, 5) is 14.2. The van der Waals surface area contributed by atoms with Gasteiger partial charge in [0.15, 0.2) is 0 Å². The third-order valence-electron chi connectivity index (χ3n) is 3.42. The van der Waals surface area contributed by atoms with Crippen LogP contribution in [0.1, 0.15) is 17.0 Å². The molecule has 1 aromatic rings. The molecule has 19 heavy (non-hydrogen) atoms. The first kappa shape index (κ1) is 13.8. The summed E-state index contributed by atoms with van der Waals surface area (Å²) in [6.07, 6.45) is 1.69. The SMILES string of the molecule is C=CCN(CCO)C(=O)C1CNCc2ccccc21. The van der Waals surface area contributed by atoms with Crippen LogP contribution in [-0.2, 0) is 11.3 Å². The lowest BCUT2D eigenvalue weighted by Crippen LogP contribution is -2.42. The fraction of sp³-hybridized carbons (Fsp3) is 0.400. The highest BCUT2D eigenvalue weighted by atomic mass is 16.3. The van der Waals surface area contributed by atoms with Crippen molar-refractivity contribution in [3.05, 3.63) is 48.0 Å². The van der Waals surface area contributed by atoms with Crippen molar-refractivity contribution in [1.82, 2.24) is 10.2 Å². The quantitative estimate of drug-likeness (QED) is 0.773. The molecule has 1 aliphatic rings. The Morgan fingerprint density at radius 3 is 3.05 bits per heavy atom. The molecule has 1 aliphatic heterocycles. The number of aliphatic hydroxyl groups excluding tert-OH is 1. The van der Waals surface area contributed by atoms with E-state index in [1.165, 1.54) is 5.56 Å². The lowest BCUT2D eigenvalue weighted by atomic mass is 9.90. The maximum Gasteiger partial charge on any atom is 0.231 e. The zero-order valence-electron chi connectivity index (χ0n) is 11.0. The molecule has 1 unspecified atom stereocenters. The number of rotatable bonds is 5. The predicted molar refractivity (Wildman–Crippen MR) is 74.8 cm³/mol. The molecule has 0 saturated heterocycles. The molecular formula is C15H20N2O2. The van der Waals surface area contributed by atoms with Crippen LogP contribution in [0.25, 0.3) is 0 Å². The van der Waals surface area contributed by atoms with Gasteiger partial charge in [-0.3, -0.25) is 4.79 Å². The Bertz CT molecular complexity index is 459. The maximum absolute atomic E-state index is 12.6.